The minimum Gasteiger partial charge on any atom is -0.490 e. The van der Waals surface area contributed by atoms with Crippen LogP contribution in [0.5, 0.6) is 11.5 Å². The average molecular weight is 276 g/mol. The fourth-order valence-corrected chi connectivity index (χ4v) is 2.79. The molecule has 1 unspecified atom stereocenters. The molecule has 3 rings (SSSR count). The Hall–Kier alpha value is -1.26. The van der Waals surface area contributed by atoms with Gasteiger partial charge in [-0.2, -0.15) is 0 Å². The summed E-state index contributed by atoms with van der Waals surface area (Å²) in [4.78, 5) is 2.37. The molecule has 1 aliphatic carbocycles. The summed E-state index contributed by atoms with van der Waals surface area (Å²) < 4.78 is 11.5. The van der Waals surface area contributed by atoms with Crippen LogP contribution in [0.2, 0.25) is 0 Å². The number of nitrogens with zero attached hydrogens (tertiary/aromatic N) is 1. The maximum absolute atomic E-state index is 6.00. The average Bonchev–Trinajstić information content (AvgIpc) is 3.25. The van der Waals surface area contributed by atoms with Crippen LogP contribution in [-0.4, -0.2) is 38.3 Å². The van der Waals surface area contributed by atoms with E-state index in [4.69, 9.17) is 15.2 Å². The Morgan fingerprint density at radius 2 is 2.00 bits per heavy atom. The lowest BCUT2D eigenvalue weighted by molar-refractivity contribution is 0.239. The Kier molecular flexibility index (Phi) is 4.13. The van der Waals surface area contributed by atoms with Gasteiger partial charge in [-0.05, 0) is 43.5 Å². The third-order valence-corrected chi connectivity index (χ3v) is 4.15. The molecule has 110 valence electrons. The minimum absolute atomic E-state index is 0.257. The van der Waals surface area contributed by atoms with Crippen LogP contribution in [0.25, 0.3) is 0 Å². The number of nitrogens with two attached hydrogens (primary N) is 1. The number of likely N-dealkylation sites (N-methyl/N-ethyl adjacent to an activating group) is 1. The van der Waals surface area contributed by atoms with Crippen molar-refractivity contribution in [2.24, 2.45) is 11.7 Å². The van der Waals surface area contributed by atoms with Crippen LogP contribution < -0.4 is 15.2 Å². The van der Waals surface area contributed by atoms with Gasteiger partial charge in [-0.15, -0.1) is 0 Å². The second kappa shape index (κ2) is 6.02. The van der Waals surface area contributed by atoms with Crippen molar-refractivity contribution in [3.8, 4) is 11.5 Å². The van der Waals surface area contributed by atoms with E-state index < -0.39 is 0 Å². The molecule has 4 nitrogen and oxygen atoms in total. The van der Waals surface area contributed by atoms with Gasteiger partial charge in [0, 0.05) is 25.6 Å². The molecule has 2 aliphatic rings. The van der Waals surface area contributed by atoms with E-state index in [0.717, 1.165) is 43.6 Å². The van der Waals surface area contributed by atoms with E-state index in [1.807, 2.05) is 6.07 Å². The van der Waals surface area contributed by atoms with Crippen molar-refractivity contribution >= 4 is 0 Å². The molecule has 2 N–H and O–H groups in total. The maximum Gasteiger partial charge on any atom is 0.161 e. The summed E-state index contributed by atoms with van der Waals surface area (Å²) >= 11 is 0. The molecule has 1 aromatic rings. The number of ether oxygens (including phenoxy) is 2. The van der Waals surface area contributed by atoms with Gasteiger partial charge in [0.15, 0.2) is 11.5 Å². The predicted molar refractivity (Wildman–Crippen MR) is 79.2 cm³/mol. The molecule has 1 heterocycles. The Balaban J connectivity index is 1.78. The fourth-order valence-electron chi connectivity index (χ4n) is 2.79. The van der Waals surface area contributed by atoms with Crippen molar-refractivity contribution in [2.75, 3.05) is 33.4 Å². The molecule has 1 aromatic carbocycles. The molecule has 1 saturated carbocycles. The molecule has 0 radical (unpaired) electrons. The molecular formula is C16H24N2O2. The Bertz CT molecular complexity index is 460. The first-order valence-electron chi connectivity index (χ1n) is 7.58. The highest BCUT2D eigenvalue weighted by Crippen LogP contribution is 2.35. The zero-order valence-corrected chi connectivity index (χ0v) is 12.2. The van der Waals surface area contributed by atoms with Gasteiger partial charge < -0.3 is 15.2 Å². The van der Waals surface area contributed by atoms with Crippen molar-refractivity contribution in [1.29, 1.82) is 0 Å². The fraction of sp³-hybridized carbons (Fsp3) is 0.625. The van der Waals surface area contributed by atoms with Crippen LogP contribution in [0.1, 0.15) is 30.9 Å². The second-order valence-corrected chi connectivity index (χ2v) is 5.89. The Labute approximate surface area is 120 Å². The zero-order valence-electron chi connectivity index (χ0n) is 12.2. The van der Waals surface area contributed by atoms with Crippen molar-refractivity contribution in [1.82, 2.24) is 4.90 Å². The summed E-state index contributed by atoms with van der Waals surface area (Å²) in [7, 11) is 2.17. The standard InChI is InChI=1S/C16H24N2O2/c1-18(11-12-3-4-12)14(10-17)13-5-6-15-16(9-13)20-8-2-7-19-15/h5-6,9,12,14H,2-4,7-8,10-11,17H2,1H3. The van der Waals surface area contributed by atoms with Crippen molar-refractivity contribution in [3.05, 3.63) is 23.8 Å². The van der Waals surface area contributed by atoms with Gasteiger partial charge in [0.1, 0.15) is 0 Å². The summed E-state index contributed by atoms with van der Waals surface area (Å²) in [6, 6.07) is 6.49. The van der Waals surface area contributed by atoms with E-state index in [1.165, 1.54) is 18.4 Å². The molecule has 0 bridgehead atoms. The molecule has 1 fully saturated rings. The van der Waals surface area contributed by atoms with E-state index >= 15 is 0 Å². The van der Waals surface area contributed by atoms with Gasteiger partial charge in [-0.25, -0.2) is 0 Å². The van der Waals surface area contributed by atoms with E-state index in [9.17, 15) is 0 Å². The topological polar surface area (TPSA) is 47.7 Å². The van der Waals surface area contributed by atoms with Gasteiger partial charge >= 0.3 is 0 Å². The Morgan fingerprint density at radius 1 is 1.25 bits per heavy atom. The first-order valence-corrected chi connectivity index (χ1v) is 7.58. The number of benzene rings is 1. The number of hydrogen-bond acceptors (Lipinski definition) is 4. The molecule has 1 aliphatic heterocycles. The van der Waals surface area contributed by atoms with E-state index in [-0.39, 0.29) is 6.04 Å². The normalized spacial score (nSPS) is 19.8. The van der Waals surface area contributed by atoms with E-state index in [1.54, 1.807) is 0 Å². The first-order chi connectivity index (χ1) is 9.78. The maximum atomic E-state index is 6.00. The van der Waals surface area contributed by atoms with Gasteiger partial charge in [0.2, 0.25) is 0 Å². The van der Waals surface area contributed by atoms with Crippen LogP contribution >= 0.6 is 0 Å². The van der Waals surface area contributed by atoms with Crippen molar-refractivity contribution < 1.29 is 9.47 Å². The SMILES string of the molecule is CN(CC1CC1)C(CN)c1ccc2c(c1)OCCCO2. The molecule has 0 aromatic heterocycles. The lowest BCUT2D eigenvalue weighted by atomic mass is 10.0. The van der Waals surface area contributed by atoms with Gasteiger partial charge in [-0.1, -0.05) is 6.07 Å². The van der Waals surface area contributed by atoms with Gasteiger partial charge in [0.25, 0.3) is 0 Å². The zero-order chi connectivity index (χ0) is 13.9. The highest BCUT2D eigenvalue weighted by atomic mass is 16.5. The minimum atomic E-state index is 0.257. The van der Waals surface area contributed by atoms with Crippen LogP contribution in [-0.2, 0) is 0 Å². The molecule has 0 amide bonds. The van der Waals surface area contributed by atoms with Crippen LogP contribution in [0, 0.1) is 5.92 Å². The quantitative estimate of drug-likeness (QED) is 0.895. The van der Waals surface area contributed by atoms with E-state index in [2.05, 4.69) is 24.1 Å². The summed E-state index contributed by atoms with van der Waals surface area (Å²) in [6.07, 6.45) is 3.66. The van der Waals surface area contributed by atoms with Gasteiger partial charge in [0.05, 0.1) is 13.2 Å². The number of fused-ring (bicyclic) bond motifs is 1. The van der Waals surface area contributed by atoms with Crippen molar-refractivity contribution in [3.63, 3.8) is 0 Å². The van der Waals surface area contributed by atoms with Crippen molar-refractivity contribution in [2.45, 2.75) is 25.3 Å². The summed E-state index contributed by atoms with van der Waals surface area (Å²) in [6.45, 7) is 3.22. The molecule has 4 heteroatoms. The largest absolute Gasteiger partial charge is 0.490 e. The van der Waals surface area contributed by atoms with Crippen LogP contribution in [0.3, 0.4) is 0 Å². The van der Waals surface area contributed by atoms with Crippen LogP contribution in [0.15, 0.2) is 18.2 Å². The van der Waals surface area contributed by atoms with Gasteiger partial charge in [-0.3, -0.25) is 4.90 Å². The predicted octanol–water partition coefficient (Wildman–Crippen LogP) is 2.19. The van der Waals surface area contributed by atoms with Crippen LogP contribution in [0.4, 0.5) is 0 Å². The highest BCUT2D eigenvalue weighted by molar-refractivity contribution is 5.44. The first kappa shape index (κ1) is 13.7. The molecule has 1 atom stereocenters. The number of hydrogen-bond donors (Lipinski definition) is 1. The summed E-state index contributed by atoms with van der Waals surface area (Å²) in [5.74, 6) is 2.58. The second-order valence-electron chi connectivity index (χ2n) is 5.89. The molecule has 0 spiro atoms. The Morgan fingerprint density at radius 3 is 2.70 bits per heavy atom. The molecule has 0 saturated heterocycles. The monoisotopic (exact) mass is 276 g/mol. The molecular weight excluding hydrogens is 252 g/mol. The third-order valence-electron chi connectivity index (χ3n) is 4.15. The lowest BCUT2D eigenvalue weighted by Gasteiger charge is -2.27. The summed E-state index contributed by atoms with van der Waals surface area (Å²) in [5.41, 5.74) is 7.22. The third kappa shape index (κ3) is 3.07. The molecule has 20 heavy (non-hydrogen) atoms. The highest BCUT2D eigenvalue weighted by Gasteiger charge is 2.26. The smallest absolute Gasteiger partial charge is 0.161 e. The van der Waals surface area contributed by atoms with E-state index in [0.29, 0.717) is 6.54 Å². The summed E-state index contributed by atoms with van der Waals surface area (Å²) in [5, 5.41) is 0. The number of rotatable bonds is 5. The lowest BCUT2D eigenvalue weighted by Crippen LogP contribution is -2.32.